The molecule has 7 heteroatoms. The first-order valence-corrected chi connectivity index (χ1v) is 8.26. The molecule has 0 bridgehead atoms. The Hall–Kier alpha value is -2.28. The van der Waals surface area contributed by atoms with Crippen LogP contribution in [0.1, 0.15) is 10.4 Å². The Morgan fingerprint density at radius 1 is 1.17 bits per heavy atom. The summed E-state index contributed by atoms with van der Waals surface area (Å²) in [6.45, 7) is 2.90. The van der Waals surface area contributed by atoms with E-state index in [1.807, 2.05) is 10.3 Å². The predicted octanol–water partition coefficient (Wildman–Crippen LogP) is 2.12. The van der Waals surface area contributed by atoms with Crippen LogP contribution in [-0.4, -0.2) is 56.2 Å². The fourth-order valence-corrected chi connectivity index (χ4v) is 3.32. The molecular weight excluding hydrogens is 314 g/mol. The van der Waals surface area contributed by atoms with E-state index >= 15 is 0 Å². The summed E-state index contributed by atoms with van der Waals surface area (Å²) in [5.74, 6) is 1.19. The third-order valence-electron chi connectivity index (χ3n) is 3.89. The summed E-state index contributed by atoms with van der Waals surface area (Å²) in [6, 6.07) is 5.28. The number of nitrogens with zero attached hydrogens (tertiary/aromatic N) is 3. The predicted molar refractivity (Wildman–Crippen MR) is 89.8 cm³/mol. The number of piperazine rings is 1. The number of carbonyl (C=O) groups is 1. The van der Waals surface area contributed by atoms with Crippen LogP contribution in [-0.2, 0) is 0 Å². The average molecular weight is 333 g/mol. The van der Waals surface area contributed by atoms with Crippen LogP contribution in [0.15, 0.2) is 29.8 Å². The van der Waals surface area contributed by atoms with Gasteiger partial charge in [-0.2, -0.15) is 0 Å². The molecule has 1 fully saturated rings. The molecule has 0 saturated carbocycles. The molecule has 1 aromatic heterocycles. The van der Waals surface area contributed by atoms with Crippen LogP contribution in [0, 0.1) is 0 Å². The Kier molecular flexibility index (Phi) is 4.66. The monoisotopic (exact) mass is 333 g/mol. The van der Waals surface area contributed by atoms with Gasteiger partial charge in [-0.3, -0.25) is 4.79 Å². The van der Waals surface area contributed by atoms with Gasteiger partial charge in [0.15, 0.2) is 5.13 Å². The number of methoxy groups -OCH3 is 2. The fraction of sp³-hybridized carbons (Fsp3) is 0.375. The molecule has 2 heterocycles. The van der Waals surface area contributed by atoms with E-state index in [2.05, 4.69) is 9.88 Å². The van der Waals surface area contributed by atoms with Crippen molar-refractivity contribution in [2.75, 3.05) is 45.3 Å². The maximum absolute atomic E-state index is 12.8. The first-order valence-electron chi connectivity index (χ1n) is 7.38. The molecule has 0 atom stereocenters. The highest BCUT2D eigenvalue weighted by atomic mass is 32.1. The molecular formula is C16H19N3O3S. The average Bonchev–Trinajstić information content (AvgIpc) is 3.15. The summed E-state index contributed by atoms with van der Waals surface area (Å²) in [5, 5.41) is 2.98. The van der Waals surface area contributed by atoms with Gasteiger partial charge < -0.3 is 19.3 Å². The lowest BCUT2D eigenvalue weighted by molar-refractivity contribution is 0.0743. The van der Waals surface area contributed by atoms with Crippen molar-refractivity contribution in [2.45, 2.75) is 0 Å². The van der Waals surface area contributed by atoms with Gasteiger partial charge in [0.05, 0.1) is 19.8 Å². The Morgan fingerprint density at radius 2 is 1.96 bits per heavy atom. The number of ether oxygens (including phenoxy) is 2. The highest BCUT2D eigenvalue weighted by Gasteiger charge is 2.25. The summed E-state index contributed by atoms with van der Waals surface area (Å²) in [6.07, 6.45) is 1.80. The van der Waals surface area contributed by atoms with Gasteiger partial charge in [-0.15, -0.1) is 11.3 Å². The largest absolute Gasteiger partial charge is 0.497 e. The number of rotatable bonds is 4. The van der Waals surface area contributed by atoms with E-state index < -0.39 is 0 Å². The molecule has 2 aromatic rings. The number of hydrogen-bond donors (Lipinski definition) is 0. The van der Waals surface area contributed by atoms with Crippen LogP contribution in [0.2, 0.25) is 0 Å². The minimum atomic E-state index is -0.0282. The molecule has 23 heavy (non-hydrogen) atoms. The van der Waals surface area contributed by atoms with Crippen molar-refractivity contribution in [2.24, 2.45) is 0 Å². The van der Waals surface area contributed by atoms with Crippen molar-refractivity contribution in [3.8, 4) is 11.5 Å². The van der Waals surface area contributed by atoms with Gasteiger partial charge in [0.1, 0.15) is 11.5 Å². The number of thiazole rings is 1. The van der Waals surface area contributed by atoms with Crippen molar-refractivity contribution in [1.29, 1.82) is 0 Å². The van der Waals surface area contributed by atoms with Gasteiger partial charge in [0.25, 0.3) is 5.91 Å². The van der Waals surface area contributed by atoms with Gasteiger partial charge in [0, 0.05) is 37.8 Å². The Morgan fingerprint density at radius 3 is 2.57 bits per heavy atom. The molecule has 6 nitrogen and oxygen atoms in total. The smallest absolute Gasteiger partial charge is 0.257 e. The zero-order valence-electron chi connectivity index (χ0n) is 13.2. The minimum absolute atomic E-state index is 0.0282. The van der Waals surface area contributed by atoms with Gasteiger partial charge in [-0.25, -0.2) is 4.98 Å². The zero-order chi connectivity index (χ0) is 16.2. The lowest BCUT2D eigenvalue weighted by Gasteiger charge is -2.34. The van der Waals surface area contributed by atoms with E-state index in [9.17, 15) is 4.79 Å². The Bertz CT molecular complexity index is 667. The topological polar surface area (TPSA) is 54.9 Å². The fourth-order valence-electron chi connectivity index (χ4n) is 2.62. The van der Waals surface area contributed by atoms with E-state index in [1.165, 1.54) is 0 Å². The standard InChI is InChI=1S/C16H19N3O3S/c1-21-12-3-4-14(22-2)13(11-12)15(20)18-6-8-19(9-7-18)16-17-5-10-23-16/h3-5,10-11H,6-9H2,1-2H3. The lowest BCUT2D eigenvalue weighted by Crippen LogP contribution is -2.48. The van der Waals surface area contributed by atoms with E-state index in [0.29, 0.717) is 30.2 Å². The second kappa shape index (κ2) is 6.87. The number of carbonyl (C=O) groups excluding carboxylic acids is 1. The number of aromatic nitrogens is 1. The molecule has 1 amide bonds. The van der Waals surface area contributed by atoms with Gasteiger partial charge in [-0.05, 0) is 18.2 Å². The highest BCUT2D eigenvalue weighted by Crippen LogP contribution is 2.26. The van der Waals surface area contributed by atoms with Crippen LogP contribution in [0.4, 0.5) is 5.13 Å². The maximum Gasteiger partial charge on any atom is 0.257 e. The second-order valence-electron chi connectivity index (χ2n) is 5.16. The molecule has 122 valence electrons. The second-order valence-corrected chi connectivity index (χ2v) is 6.03. The zero-order valence-corrected chi connectivity index (χ0v) is 14.0. The van der Waals surface area contributed by atoms with Gasteiger partial charge in [-0.1, -0.05) is 0 Å². The third kappa shape index (κ3) is 3.24. The van der Waals surface area contributed by atoms with E-state index in [-0.39, 0.29) is 5.91 Å². The van der Waals surface area contributed by atoms with Crippen molar-refractivity contribution in [1.82, 2.24) is 9.88 Å². The van der Waals surface area contributed by atoms with Crippen molar-refractivity contribution >= 4 is 22.4 Å². The quantitative estimate of drug-likeness (QED) is 0.858. The number of anilines is 1. The van der Waals surface area contributed by atoms with Gasteiger partial charge >= 0.3 is 0 Å². The summed E-state index contributed by atoms with van der Waals surface area (Å²) in [5.41, 5.74) is 0.537. The van der Waals surface area contributed by atoms with E-state index in [0.717, 1.165) is 18.2 Å². The summed E-state index contributed by atoms with van der Waals surface area (Å²) >= 11 is 1.62. The van der Waals surface area contributed by atoms with Crippen LogP contribution in [0.5, 0.6) is 11.5 Å². The van der Waals surface area contributed by atoms with Crippen LogP contribution in [0.3, 0.4) is 0 Å². The van der Waals surface area contributed by atoms with Crippen molar-refractivity contribution < 1.29 is 14.3 Å². The number of amides is 1. The molecule has 0 spiro atoms. The van der Waals surface area contributed by atoms with Crippen molar-refractivity contribution in [3.63, 3.8) is 0 Å². The first kappa shape index (κ1) is 15.6. The van der Waals surface area contributed by atoms with E-state index in [4.69, 9.17) is 9.47 Å². The maximum atomic E-state index is 12.8. The number of benzene rings is 1. The molecule has 1 aliphatic rings. The summed E-state index contributed by atoms with van der Waals surface area (Å²) in [4.78, 5) is 21.2. The van der Waals surface area contributed by atoms with E-state index in [1.54, 1.807) is 50.0 Å². The minimum Gasteiger partial charge on any atom is -0.497 e. The van der Waals surface area contributed by atoms with Crippen LogP contribution >= 0.6 is 11.3 Å². The van der Waals surface area contributed by atoms with Gasteiger partial charge in [0.2, 0.25) is 0 Å². The molecule has 1 saturated heterocycles. The summed E-state index contributed by atoms with van der Waals surface area (Å²) in [7, 11) is 3.15. The SMILES string of the molecule is COc1ccc(OC)c(C(=O)N2CCN(c3nccs3)CC2)c1. The molecule has 0 radical (unpaired) electrons. The highest BCUT2D eigenvalue weighted by molar-refractivity contribution is 7.13. The summed E-state index contributed by atoms with van der Waals surface area (Å²) < 4.78 is 10.5. The number of hydrogen-bond acceptors (Lipinski definition) is 6. The Labute approximate surface area is 139 Å². The van der Waals surface area contributed by atoms with Crippen molar-refractivity contribution in [3.05, 3.63) is 35.3 Å². The van der Waals surface area contributed by atoms with Crippen LogP contribution in [0.25, 0.3) is 0 Å². The molecule has 0 unspecified atom stereocenters. The molecule has 0 aliphatic carbocycles. The Balaban J connectivity index is 1.72. The molecule has 1 aliphatic heterocycles. The molecule has 0 N–H and O–H groups in total. The first-order chi connectivity index (χ1) is 11.2. The normalized spacial score (nSPS) is 14.7. The van der Waals surface area contributed by atoms with Crippen LogP contribution < -0.4 is 14.4 Å². The molecule has 1 aromatic carbocycles. The molecule has 3 rings (SSSR count). The lowest BCUT2D eigenvalue weighted by atomic mass is 10.1. The third-order valence-corrected chi connectivity index (χ3v) is 4.73.